The van der Waals surface area contributed by atoms with Crippen LogP contribution in [0.25, 0.3) is 15.3 Å². The summed E-state index contributed by atoms with van der Waals surface area (Å²) in [6.07, 6.45) is 5.33. The fraction of sp³-hybridized carbons (Fsp3) is 0. The van der Waals surface area contributed by atoms with Crippen LogP contribution >= 0.6 is 11.3 Å². The van der Waals surface area contributed by atoms with Crippen LogP contribution in [0.3, 0.4) is 0 Å². The number of pyridine rings is 2. The van der Waals surface area contributed by atoms with Gasteiger partial charge in [0.25, 0.3) is 4.83 Å². The number of hydrogen-bond acceptors (Lipinski definition) is 3. The zero-order chi connectivity index (χ0) is 11.0. The van der Waals surface area contributed by atoms with Crippen molar-refractivity contribution in [2.75, 3.05) is 0 Å². The molecule has 0 atom stereocenters. The molecule has 3 nitrogen and oxygen atoms in total. The molecule has 0 radical (unpaired) electrons. The Morgan fingerprint density at radius 3 is 2.88 bits per heavy atom. The number of thiazole rings is 1. The smallest absolute Gasteiger partial charge is 0.390 e. The van der Waals surface area contributed by atoms with Crippen LogP contribution in [0.4, 0.5) is 0 Å². The van der Waals surface area contributed by atoms with E-state index < -0.39 is 0 Å². The van der Waals surface area contributed by atoms with Gasteiger partial charge in [0.05, 0.1) is 0 Å². The van der Waals surface area contributed by atoms with Crippen LogP contribution in [0.15, 0.2) is 48.9 Å². The minimum absolute atomic E-state index is 0.272. The predicted octanol–water partition coefficient (Wildman–Crippen LogP) is 2.25. The van der Waals surface area contributed by atoms with Gasteiger partial charge < -0.3 is 5.11 Å². The van der Waals surface area contributed by atoms with E-state index in [4.69, 9.17) is 0 Å². The Kier molecular flexibility index (Phi) is 2.08. The van der Waals surface area contributed by atoms with Gasteiger partial charge in [-0.1, -0.05) is 17.4 Å². The Balaban J connectivity index is 2.29. The second-order valence-electron chi connectivity index (χ2n) is 3.41. The maximum absolute atomic E-state index is 10.1. The minimum atomic E-state index is 0.272. The summed E-state index contributed by atoms with van der Waals surface area (Å²) in [5.74, 6) is 0.272. The standard InChI is InChI=1S/C12H8N2OS/c15-12-11(9-4-3-6-13-8-9)16-10-5-1-2-7-14(10)12/h1-8H/p+1. The lowest BCUT2D eigenvalue weighted by Crippen LogP contribution is -2.16. The number of nitrogens with zero attached hydrogens (tertiary/aromatic N) is 2. The van der Waals surface area contributed by atoms with E-state index >= 15 is 0 Å². The van der Waals surface area contributed by atoms with Crippen molar-refractivity contribution in [2.24, 2.45) is 0 Å². The van der Waals surface area contributed by atoms with Crippen molar-refractivity contribution in [1.82, 2.24) is 4.98 Å². The van der Waals surface area contributed by atoms with Crippen LogP contribution in [0.5, 0.6) is 5.88 Å². The van der Waals surface area contributed by atoms with Crippen LogP contribution in [0.1, 0.15) is 0 Å². The fourth-order valence-corrected chi connectivity index (χ4v) is 2.66. The van der Waals surface area contributed by atoms with Crippen LogP contribution in [-0.2, 0) is 0 Å². The number of aromatic nitrogens is 2. The highest BCUT2D eigenvalue weighted by Gasteiger charge is 2.20. The average molecular weight is 229 g/mol. The van der Waals surface area contributed by atoms with Gasteiger partial charge in [0, 0.05) is 30.1 Å². The number of aromatic hydroxyl groups is 1. The summed E-state index contributed by atoms with van der Waals surface area (Å²) in [4.78, 5) is 5.92. The third-order valence-corrected chi connectivity index (χ3v) is 3.55. The maximum atomic E-state index is 10.1. The molecule has 0 bridgehead atoms. The summed E-state index contributed by atoms with van der Waals surface area (Å²) in [5.41, 5.74) is 0.939. The van der Waals surface area contributed by atoms with Gasteiger partial charge in [-0.3, -0.25) is 4.98 Å². The van der Waals surface area contributed by atoms with E-state index in [1.54, 1.807) is 28.1 Å². The second kappa shape index (κ2) is 3.57. The lowest BCUT2D eigenvalue weighted by Gasteiger charge is -1.91. The van der Waals surface area contributed by atoms with E-state index in [1.807, 2.05) is 36.5 Å². The Bertz CT molecular complexity index is 634. The number of hydrogen-bond donors (Lipinski definition) is 1. The highest BCUT2D eigenvalue weighted by atomic mass is 32.1. The van der Waals surface area contributed by atoms with Crippen molar-refractivity contribution < 1.29 is 9.51 Å². The molecule has 0 amide bonds. The van der Waals surface area contributed by atoms with Crippen molar-refractivity contribution in [3.05, 3.63) is 48.9 Å². The maximum Gasteiger partial charge on any atom is 0.390 e. The SMILES string of the molecule is Oc1c(-c2cccnc2)sc2cccc[n+]12. The molecule has 3 heterocycles. The molecule has 0 aliphatic rings. The quantitative estimate of drug-likeness (QED) is 0.650. The molecule has 0 aliphatic carbocycles. The highest BCUT2D eigenvalue weighted by molar-refractivity contribution is 7.20. The molecule has 4 heteroatoms. The Morgan fingerprint density at radius 1 is 1.19 bits per heavy atom. The van der Waals surface area contributed by atoms with Gasteiger partial charge >= 0.3 is 5.88 Å². The number of rotatable bonds is 1. The number of fused-ring (bicyclic) bond motifs is 1. The van der Waals surface area contributed by atoms with Crippen LogP contribution in [0.2, 0.25) is 0 Å². The minimum Gasteiger partial charge on any atom is -0.458 e. The first-order valence-electron chi connectivity index (χ1n) is 4.89. The van der Waals surface area contributed by atoms with Gasteiger partial charge in [0.2, 0.25) is 0 Å². The lowest BCUT2D eigenvalue weighted by atomic mass is 10.2. The van der Waals surface area contributed by atoms with E-state index in [-0.39, 0.29) is 5.88 Å². The molecule has 0 spiro atoms. The van der Waals surface area contributed by atoms with E-state index in [1.165, 1.54) is 0 Å². The zero-order valence-electron chi connectivity index (χ0n) is 8.37. The summed E-state index contributed by atoms with van der Waals surface area (Å²) in [7, 11) is 0. The van der Waals surface area contributed by atoms with Crippen molar-refractivity contribution in [2.45, 2.75) is 0 Å². The van der Waals surface area contributed by atoms with Gasteiger partial charge in [-0.25, -0.2) is 0 Å². The second-order valence-corrected chi connectivity index (χ2v) is 4.44. The van der Waals surface area contributed by atoms with Gasteiger partial charge in [0.1, 0.15) is 0 Å². The van der Waals surface area contributed by atoms with Crippen molar-refractivity contribution in [3.63, 3.8) is 0 Å². The molecule has 3 aromatic heterocycles. The zero-order valence-corrected chi connectivity index (χ0v) is 9.19. The molecule has 0 aliphatic heterocycles. The molecule has 16 heavy (non-hydrogen) atoms. The largest absolute Gasteiger partial charge is 0.458 e. The first kappa shape index (κ1) is 9.30. The van der Waals surface area contributed by atoms with Crippen LogP contribution < -0.4 is 4.40 Å². The van der Waals surface area contributed by atoms with Gasteiger partial charge in [-0.15, -0.1) is 4.40 Å². The fourth-order valence-electron chi connectivity index (χ4n) is 1.63. The molecule has 3 aromatic rings. The highest BCUT2D eigenvalue weighted by Crippen LogP contribution is 2.32. The van der Waals surface area contributed by atoms with E-state index in [0.717, 1.165) is 15.3 Å². The third kappa shape index (κ3) is 1.35. The third-order valence-electron chi connectivity index (χ3n) is 2.38. The topological polar surface area (TPSA) is 37.2 Å². The van der Waals surface area contributed by atoms with Gasteiger partial charge in [-0.05, 0) is 12.1 Å². The van der Waals surface area contributed by atoms with E-state index in [9.17, 15) is 5.11 Å². The van der Waals surface area contributed by atoms with Crippen molar-refractivity contribution in [3.8, 4) is 16.3 Å². The van der Waals surface area contributed by atoms with Crippen LogP contribution in [-0.4, -0.2) is 10.1 Å². The normalized spacial score (nSPS) is 10.8. The molecule has 3 rings (SSSR count). The summed E-state index contributed by atoms with van der Waals surface area (Å²) < 4.78 is 1.77. The Labute approximate surface area is 96.3 Å². The van der Waals surface area contributed by atoms with Crippen molar-refractivity contribution >= 4 is 16.2 Å². The molecular weight excluding hydrogens is 220 g/mol. The van der Waals surface area contributed by atoms with E-state index in [2.05, 4.69) is 4.98 Å². The van der Waals surface area contributed by atoms with Crippen LogP contribution in [0, 0.1) is 0 Å². The van der Waals surface area contributed by atoms with Crippen molar-refractivity contribution in [1.29, 1.82) is 0 Å². The molecule has 0 unspecified atom stereocenters. The summed E-state index contributed by atoms with van der Waals surface area (Å²) >= 11 is 1.55. The van der Waals surface area contributed by atoms with Gasteiger partial charge in [0.15, 0.2) is 11.1 Å². The Hall–Kier alpha value is -1.94. The van der Waals surface area contributed by atoms with E-state index in [0.29, 0.717) is 0 Å². The van der Waals surface area contributed by atoms with Gasteiger partial charge in [-0.2, -0.15) is 0 Å². The molecule has 78 valence electrons. The summed E-state index contributed by atoms with van der Waals surface area (Å²) in [6.45, 7) is 0. The molecular formula is C12H9N2OS+. The molecule has 0 saturated heterocycles. The summed E-state index contributed by atoms with van der Waals surface area (Å²) in [5, 5.41) is 10.1. The lowest BCUT2D eigenvalue weighted by molar-refractivity contribution is -0.517. The molecule has 0 aromatic carbocycles. The predicted molar refractivity (Wildman–Crippen MR) is 62.4 cm³/mol. The summed E-state index contributed by atoms with van der Waals surface area (Å²) in [6, 6.07) is 9.64. The first-order chi connectivity index (χ1) is 7.86. The molecule has 1 N–H and O–H groups in total. The first-order valence-corrected chi connectivity index (χ1v) is 5.70. The Morgan fingerprint density at radius 2 is 2.12 bits per heavy atom. The monoisotopic (exact) mass is 229 g/mol. The average Bonchev–Trinajstić information content (AvgIpc) is 2.69. The molecule has 0 saturated carbocycles. The molecule has 0 fully saturated rings.